The highest BCUT2D eigenvalue weighted by molar-refractivity contribution is 5.76. The molecule has 25 heavy (non-hydrogen) atoms. The van der Waals surface area contributed by atoms with Crippen molar-refractivity contribution < 1.29 is 9.53 Å². The summed E-state index contributed by atoms with van der Waals surface area (Å²) in [5, 5.41) is 3.01. The SMILES string of the molecule is Cc1ccccc1CNC(=O)CCc1ccc(N2CCOCC2)cc1. The summed E-state index contributed by atoms with van der Waals surface area (Å²) in [4.78, 5) is 14.4. The van der Waals surface area contributed by atoms with Crippen LogP contribution in [-0.2, 0) is 22.5 Å². The summed E-state index contributed by atoms with van der Waals surface area (Å²) in [5.41, 5.74) is 4.81. The van der Waals surface area contributed by atoms with E-state index in [-0.39, 0.29) is 5.91 Å². The highest BCUT2D eigenvalue weighted by atomic mass is 16.5. The van der Waals surface area contributed by atoms with E-state index in [4.69, 9.17) is 4.74 Å². The van der Waals surface area contributed by atoms with E-state index in [1.807, 2.05) is 12.1 Å². The molecule has 2 aromatic carbocycles. The third-order valence-electron chi connectivity index (χ3n) is 4.69. The van der Waals surface area contributed by atoms with Gasteiger partial charge in [-0.1, -0.05) is 36.4 Å². The fraction of sp³-hybridized carbons (Fsp3) is 0.381. The van der Waals surface area contributed by atoms with Gasteiger partial charge in [0.15, 0.2) is 0 Å². The molecule has 0 aliphatic carbocycles. The number of rotatable bonds is 6. The van der Waals surface area contributed by atoms with Crippen molar-refractivity contribution in [1.82, 2.24) is 5.32 Å². The molecule has 132 valence electrons. The highest BCUT2D eigenvalue weighted by Crippen LogP contribution is 2.17. The van der Waals surface area contributed by atoms with Crippen LogP contribution in [0.3, 0.4) is 0 Å². The van der Waals surface area contributed by atoms with Crippen molar-refractivity contribution in [3.05, 3.63) is 65.2 Å². The maximum Gasteiger partial charge on any atom is 0.220 e. The van der Waals surface area contributed by atoms with Crippen LogP contribution >= 0.6 is 0 Å². The first kappa shape index (κ1) is 17.5. The minimum atomic E-state index is 0.0977. The number of anilines is 1. The number of morpholine rings is 1. The van der Waals surface area contributed by atoms with E-state index in [1.54, 1.807) is 0 Å². The van der Waals surface area contributed by atoms with Crippen molar-refractivity contribution in [3.8, 4) is 0 Å². The number of carbonyl (C=O) groups excluding carboxylic acids is 1. The molecule has 1 aliphatic heterocycles. The molecule has 0 unspecified atom stereocenters. The van der Waals surface area contributed by atoms with Gasteiger partial charge in [0.2, 0.25) is 5.91 Å². The van der Waals surface area contributed by atoms with E-state index in [0.29, 0.717) is 13.0 Å². The molecular weight excluding hydrogens is 312 g/mol. The van der Waals surface area contributed by atoms with Gasteiger partial charge in [0.1, 0.15) is 0 Å². The lowest BCUT2D eigenvalue weighted by Gasteiger charge is -2.28. The molecule has 0 bridgehead atoms. The summed E-state index contributed by atoms with van der Waals surface area (Å²) in [6.07, 6.45) is 1.28. The van der Waals surface area contributed by atoms with Crippen LogP contribution in [0.1, 0.15) is 23.1 Å². The maximum absolute atomic E-state index is 12.1. The zero-order valence-electron chi connectivity index (χ0n) is 14.8. The third-order valence-corrected chi connectivity index (χ3v) is 4.69. The van der Waals surface area contributed by atoms with Gasteiger partial charge >= 0.3 is 0 Å². The summed E-state index contributed by atoms with van der Waals surface area (Å²) in [6, 6.07) is 16.7. The van der Waals surface area contributed by atoms with Crippen LogP contribution in [0.25, 0.3) is 0 Å². The second-order valence-corrected chi connectivity index (χ2v) is 6.47. The second-order valence-electron chi connectivity index (χ2n) is 6.47. The number of hydrogen-bond donors (Lipinski definition) is 1. The zero-order valence-corrected chi connectivity index (χ0v) is 14.8. The smallest absolute Gasteiger partial charge is 0.220 e. The summed E-state index contributed by atoms with van der Waals surface area (Å²) >= 11 is 0. The second kappa shape index (κ2) is 8.67. The number of nitrogens with zero attached hydrogens (tertiary/aromatic N) is 1. The molecule has 3 rings (SSSR count). The topological polar surface area (TPSA) is 41.6 Å². The molecule has 4 nitrogen and oxygen atoms in total. The van der Waals surface area contributed by atoms with E-state index in [2.05, 4.69) is 53.5 Å². The fourth-order valence-corrected chi connectivity index (χ4v) is 3.04. The third kappa shape index (κ3) is 5.07. The Kier molecular flexibility index (Phi) is 6.07. The monoisotopic (exact) mass is 338 g/mol. The van der Waals surface area contributed by atoms with Crippen molar-refractivity contribution in [3.63, 3.8) is 0 Å². The van der Waals surface area contributed by atoms with Gasteiger partial charge in [-0.2, -0.15) is 0 Å². The van der Waals surface area contributed by atoms with Crippen molar-refractivity contribution in [2.75, 3.05) is 31.2 Å². The van der Waals surface area contributed by atoms with Crippen LogP contribution in [0.2, 0.25) is 0 Å². The Hall–Kier alpha value is -2.33. The van der Waals surface area contributed by atoms with Crippen molar-refractivity contribution >= 4 is 11.6 Å². The maximum atomic E-state index is 12.1. The summed E-state index contributed by atoms with van der Waals surface area (Å²) in [7, 11) is 0. The first-order valence-electron chi connectivity index (χ1n) is 8.95. The van der Waals surface area contributed by atoms with Crippen molar-refractivity contribution in [1.29, 1.82) is 0 Å². The Morgan fingerprint density at radius 2 is 1.80 bits per heavy atom. The number of nitrogens with one attached hydrogen (secondary N) is 1. The van der Waals surface area contributed by atoms with Gasteiger partial charge in [-0.05, 0) is 42.2 Å². The number of hydrogen-bond acceptors (Lipinski definition) is 3. The molecule has 1 aliphatic rings. The van der Waals surface area contributed by atoms with Crippen LogP contribution in [0.15, 0.2) is 48.5 Å². The Balaban J connectivity index is 1.44. The normalized spacial score (nSPS) is 14.4. The van der Waals surface area contributed by atoms with E-state index in [1.165, 1.54) is 22.4 Å². The van der Waals surface area contributed by atoms with Gasteiger partial charge in [0.25, 0.3) is 0 Å². The number of aryl methyl sites for hydroxylation is 2. The zero-order chi connectivity index (χ0) is 17.5. The van der Waals surface area contributed by atoms with Crippen molar-refractivity contribution in [2.45, 2.75) is 26.3 Å². The average molecular weight is 338 g/mol. The largest absolute Gasteiger partial charge is 0.378 e. The van der Waals surface area contributed by atoms with Crippen LogP contribution in [-0.4, -0.2) is 32.2 Å². The molecule has 0 spiro atoms. The summed E-state index contributed by atoms with van der Waals surface area (Å²) in [6.45, 7) is 6.14. The lowest BCUT2D eigenvalue weighted by molar-refractivity contribution is -0.121. The van der Waals surface area contributed by atoms with Crippen LogP contribution in [0.5, 0.6) is 0 Å². The Bertz CT molecular complexity index is 691. The molecule has 0 radical (unpaired) electrons. The number of amides is 1. The fourth-order valence-electron chi connectivity index (χ4n) is 3.04. The van der Waals surface area contributed by atoms with E-state index >= 15 is 0 Å². The summed E-state index contributed by atoms with van der Waals surface area (Å²) in [5.74, 6) is 0.0977. The van der Waals surface area contributed by atoms with Crippen LogP contribution < -0.4 is 10.2 Å². The minimum Gasteiger partial charge on any atom is -0.378 e. The minimum absolute atomic E-state index is 0.0977. The Labute approximate surface area is 149 Å². The first-order valence-corrected chi connectivity index (χ1v) is 8.95. The lowest BCUT2D eigenvalue weighted by Crippen LogP contribution is -2.36. The average Bonchev–Trinajstić information content (AvgIpc) is 2.67. The van der Waals surface area contributed by atoms with Gasteiger partial charge in [0.05, 0.1) is 13.2 Å². The number of carbonyl (C=O) groups is 1. The van der Waals surface area contributed by atoms with E-state index in [9.17, 15) is 4.79 Å². The van der Waals surface area contributed by atoms with Gasteiger partial charge < -0.3 is 15.0 Å². The molecule has 2 aromatic rings. The molecule has 1 amide bonds. The molecule has 0 aromatic heterocycles. The molecule has 1 heterocycles. The first-order chi connectivity index (χ1) is 12.2. The van der Waals surface area contributed by atoms with Crippen LogP contribution in [0, 0.1) is 6.92 Å². The predicted molar refractivity (Wildman–Crippen MR) is 101 cm³/mol. The van der Waals surface area contributed by atoms with Gasteiger partial charge in [-0.25, -0.2) is 0 Å². The van der Waals surface area contributed by atoms with Gasteiger partial charge in [0, 0.05) is 31.7 Å². The predicted octanol–water partition coefficient (Wildman–Crippen LogP) is 3.08. The van der Waals surface area contributed by atoms with Gasteiger partial charge in [-0.15, -0.1) is 0 Å². The quantitative estimate of drug-likeness (QED) is 0.880. The molecule has 1 saturated heterocycles. The van der Waals surface area contributed by atoms with Gasteiger partial charge in [-0.3, -0.25) is 4.79 Å². The van der Waals surface area contributed by atoms with Crippen molar-refractivity contribution in [2.24, 2.45) is 0 Å². The van der Waals surface area contributed by atoms with Crippen LogP contribution in [0.4, 0.5) is 5.69 Å². The molecule has 1 N–H and O–H groups in total. The number of ether oxygens (including phenoxy) is 1. The number of benzene rings is 2. The molecule has 1 fully saturated rings. The standard InChI is InChI=1S/C21H26N2O2/c1-17-4-2-3-5-19(17)16-22-21(24)11-8-18-6-9-20(10-7-18)23-12-14-25-15-13-23/h2-7,9-10H,8,11-16H2,1H3,(H,22,24). The summed E-state index contributed by atoms with van der Waals surface area (Å²) < 4.78 is 5.39. The molecule has 0 saturated carbocycles. The lowest BCUT2D eigenvalue weighted by atomic mass is 10.1. The van der Waals surface area contributed by atoms with E-state index in [0.717, 1.165) is 32.7 Å². The molecular formula is C21H26N2O2. The Morgan fingerprint density at radius 1 is 1.08 bits per heavy atom. The molecule has 4 heteroatoms. The van der Waals surface area contributed by atoms with E-state index < -0.39 is 0 Å². The Morgan fingerprint density at radius 3 is 2.52 bits per heavy atom. The molecule has 0 atom stereocenters. The highest BCUT2D eigenvalue weighted by Gasteiger charge is 2.11.